The number of likely N-dealkylation sites (tertiary alicyclic amines) is 1. The minimum absolute atomic E-state index is 0.637. The van der Waals surface area contributed by atoms with Gasteiger partial charge in [-0.05, 0) is 62.8 Å². The summed E-state index contributed by atoms with van der Waals surface area (Å²) < 4.78 is 0. The SMILES string of the molecule is C=C(c1ccc(C)c(C)c1)N1CCCC[C@H]1C. The summed E-state index contributed by atoms with van der Waals surface area (Å²) in [5, 5.41) is 0. The molecule has 1 aliphatic rings. The highest BCUT2D eigenvalue weighted by Crippen LogP contribution is 2.27. The third-order valence-electron chi connectivity index (χ3n) is 3.99. The van der Waals surface area contributed by atoms with Gasteiger partial charge < -0.3 is 4.90 Å². The molecule has 17 heavy (non-hydrogen) atoms. The van der Waals surface area contributed by atoms with Gasteiger partial charge in [0.2, 0.25) is 0 Å². The van der Waals surface area contributed by atoms with Crippen LogP contribution < -0.4 is 0 Å². The Morgan fingerprint density at radius 2 is 2.00 bits per heavy atom. The summed E-state index contributed by atoms with van der Waals surface area (Å²) in [7, 11) is 0. The maximum atomic E-state index is 4.30. The molecule has 0 bridgehead atoms. The van der Waals surface area contributed by atoms with E-state index in [0.717, 1.165) is 6.54 Å². The van der Waals surface area contributed by atoms with Crippen molar-refractivity contribution in [1.82, 2.24) is 4.90 Å². The summed E-state index contributed by atoms with van der Waals surface area (Å²) in [4.78, 5) is 2.47. The molecule has 1 aliphatic heterocycles. The van der Waals surface area contributed by atoms with Crippen LogP contribution in [0.1, 0.15) is 42.9 Å². The number of nitrogens with zero attached hydrogens (tertiary/aromatic N) is 1. The van der Waals surface area contributed by atoms with Crippen LogP contribution in [0.15, 0.2) is 24.8 Å². The van der Waals surface area contributed by atoms with E-state index < -0.39 is 0 Å². The molecule has 92 valence electrons. The quantitative estimate of drug-likeness (QED) is 0.736. The first kappa shape index (κ1) is 12.2. The third kappa shape index (κ3) is 2.54. The summed E-state index contributed by atoms with van der Waals surface area (Å²) in [6.45, 7) is 12.1. The maximum Gasteiger partial charge on any atom is 0.0369 e. The summed E-state index contributed by atoms with van der Waals surface area (Å²) in [6, 6.07) is 7.30. The molecule has 1 fully saturated rings. The average Bonchev–Trinajstić information content (AvgIpc) is 2.32. The van der Waals surface area contributed by atoms with Crippen LogP contribution in [0.5, 0.6) is 0 Å². The van der Waals surface area contributed by atoms with Crippen molar-refractivity contribution in [1.29, 1.82) is 0 Å². The van der Waals surface area contributed by atoms with E-state index in [4.69, 9.17) is 0 Å². The smallest absolute Gasteiger partial charge is 0.0369 e. The van der Waals surface area contributed by atoms with Gasteiger partial charge in [-0.15, -0.1) is 0 Å². The van der Waals surface area contributed by atoms with Gasteiger partial charge >= 0.3 is 0 Å². The van der Waals surface area contributed by atoms with E-state index >= 15 is 0 Å². The summed E-state index contributed by atoms with van der Waals surface area (Å²) in [5.41, 5.74) is 5.18. The number of rotatable bonds is 2. The molecule has 0 aromatic heterocycles. The molecule has 1 nitrogen and oxygen atoms in total. The van der Waals surface area contributed by atoms with Gasteiger partial charge in [-0.25, -0.2) is 0 Å². The predicted molar refractivity (Wildman–Crippen MR) is 75.0 cm³/mol. The molecule has 0 aliphatic carbocycles. The number of benzene rings is 1. The highest BCUT2D eigenvalue weighted by molar-refractivity contribution is 5.63. The maximum absolute atomic E-state index is 4.30. The zero-order chi connectivity index (χ0) is 12.4. The van der Waals surface area contributed by atoms with Crippen LogP contribution >= 0.6 is 0 Å². The lowest BCUT2D eigenvalue weighted by Gasteiger charge is -2.37. The molecular weight excluding hydrogens is 206 g/mol. The summed E-state index contributed by atoms with van der Waals surface area (Å²) in [6.07, 6.45) is 3.95. The second kappa shape index (κ2) is 4.95. The van der Waals surface area contributed by atoms with Gasteiger partial charge in [0.05, 0.1) is 0 Å². The van der Waals surface area contributed by atoms with Crippen molar-refractivity contribution in [2.45, 2.75) is 46.1 Å². The van der Waals surface area contributed by atoms with Crippen LogP contribution in [-0.4, -0.2) is 17.5 Å². The molecule has 1 atom stereocenters. The van der Waals surface area contributed by atoms with Gasteiger partial charge in [-0.2, -0.15) is 0 Å². The number of hydrogen-bond acceptors (Lipinski definition) is 1. The first-order chi connectivity index (χ1) is 8.09. The van der Waals surface area contributed by atoms with Crippen molar-refractivity contribution in [3.8, 4) is 0 Å². The summed E-state index contributed by atoms with van der Waals surface area (Å²) in [5.74, 6) is 0. The van der Waals surface area contributed by atoms with Crippen LogP contribution in [0.2, 0.25) is 0 Å². The van der Waals surface area contributed by atoms with E-state index in [1.165, 1.54) is 41.6 Å². The van der Waals surface area contributed by atoms with Crippen molar-refractivity contribution in [3.05, 3.63) is 41.5 Å². The van der Waals surface area contributed by atoms with Gasteiger partial charge in [-0.1, -0.05) is 18.7 Å². The molecule has 1 aromatic carbocycles. The molecule has 0 N–H and O–H groups in total. The molecule has 2 rings (SSSR count). The molecule has 0 saturated carbocycles. The first-order valence-corrected chi connectivity index (χ1v) is 6.63. The molecule has 1 aromatic rings. The fraction of sp³-hybridized carbons (Fsp3) is 0.500. The largest absolute Gasteiger partial charge is 0.369 e. The average molecular weight is 229 g/mol. The molecule has 0 spiro atoms. The van der Waals surface area contributed by atoms with Crippen molar-refractivity contribution in [3.63, 3.8) is 0 Å². The van der Waals surface area contributed by atoms with Crippen molar-refractivity contribution in [2.24, 2.45) is 0 Å². The second-order valence-electron chi connectivity index (χ2n) is 5.28. The molecular formula is C16H23N. The van der Waals surface area contributed by atoms with Gasteiger partial charge in [0.15, 0.2) is 0 Å². The van der Waals surface area contributed by atoms with Gasteiger partial charge in [0.1, 0.15) is 0 Å². The van der Waals surface area contributed by atoms with Crippen LogP contribution in [0.3, 0.4) is 0 Å². The first-order valence-electron chi connectivity index (χ1n) is 6.63. The molecule has 1 heteroatoms. The third-order valence-corrected chi connectivity index (χ3v) is 3.99. The van der Waals surface area contributed by atoms with Crippen LogP contribution in [0.4, 0.5) is 0 Å². The number of aryl methyl sites for hydroxylation is 2. The van der Waals surface area contributed by atoms with Gasteiger partial charge in [-0.3, -0.25) is 0 Å². The predicted octanol–water partition coefficient (Wildman–Crippen LogP) is 4.15. The lowest BCUT2D eigenvalue weighted by molar-refractivity contribution is 0.244. The molecule has 1 heterocycles. The van der Waals surface area contributed by atoms with Crippen LogP contribution in [0, 0.1) is 13.8 Å². The molecule has 0 radical (unpaired) electrons. The Balaban J connectivity index is 2.21. The van der Waals surface area contributed by atoms with Gasteiger partial charge in [0, 0.05) is 18.3 Å². The Morgan fingerprint density at radius 3 is 2.65 bits per heavy atom. The Morgan fingerprint density at radius 1 is 1.24 bits per heavy atom. The molecule has 0 amide bonds. The second-order valence-corrected chi connectivity index (χ2v) is 5.28. The lowest BCUT2D eigenvalue weighted by atomic mass is 9.99. The Labute approximate surface area is 105 Å². The highest BCUT2D eigenvalue weighted by Gasteiger charge is 2.20. The fourth-order valence-corrected chi connectivity index (χ4v) is 2.59. The van der Waals surface area contributed by atoms with Crippen molar-refractivity contribution >= 4 is 5.70 Å². The lowest BCUT2D eigenvalue weighted by Crippen LogP contribution is -2.35. The number of hydrogen-bond donors (Lipinski definition) is 0. The normalized spacial score (nSPS) is 20.4. The van der Waals surface area contributed by atoms with E-state index in [9.17, 15) is 0 Å². The van der Waals surface area contributed by atoms with E-state index in [-0.39, 0.29) is 0 Å². The summed E-state index contributed by atoms with van der Waals surface area (Å²) >= 11 is 0. The number of piperidine rings is 1. The van der Waals surface area contributed by atoms with Gasteiger partial charge in [0.25, 0.3) is 0 Å². The van der Waals surface area contributed by atoms with Crippen LogP contribution in [0.25, 0.3) is 5.70 Å². The minimum atomic E-state index is 0.637. The fourth-order valence-electron chi connectivity index (χ4n) is 2.59. The highest BCUT2D eigenvalue weighted by atomic mass is 15.2. The topological polar surface area (TPSA) is 3.24 Å². The monoisotopic (exact) mass is 229 g/mol. The molecule has 1 saturated heterocycles. The van der Waals surface area contributed by atoms with E-state index in [2.05, 4.69) is 50.4 Å². The van der Waals surface area contributed by atoms with Crippen molar-refractivity contribution in [2.75, 3.05) is 6.54 Å². The zero-order valence-corrected chi connectivity index (χ0v) is 11.3. The Kier molecular flexibility index (Phi) is 3.56. The van der Waals surface area contributed by atoms with E-state index in [1.807, 2.05) is 0 Å². The van der Waals surface area contributed by atoms with Crippen LogP contribution in [-0.2, 0) is 0 Å². The van der Waals surface area contributed by atoms with E-state index in [0.29, 0.717) is 6.04 Å². The Hall–Kier alpha value is -1.24. The van der Waals surface area contributed by atoms with E-state index in [1.54, 1.807) is 0 Å². The van der Waals surface area contributed by atoms with Crippen molar-refractivity contribution < 1.29 is 0 Å². The minimum Gasteiger partial charge on any atom is -0.369 e. The standard InChI is InChI=1S/C16H23N/c1-12-8-9-16(11-13(12)2)15(4)17-10-6-5-7-14(17)3/h8-9,11,14H,4-7,10H2,1-3H3/t14-/m1/s1. The zero-order valence-electron chi connectivity index (χ0n) is 11.3. The Bertz CT molecular complexity index is 420. The molecule has 0 unspecified atom stereocenters.